The molecule has 1 aromatic carbocycles. The van der Waals surface area contributed by atoms with Crippen molar-refractivity contribution in [2.24, 2.45) is 5.92 Å². The number of piperidine rings is 1. The normalized spacial score (nSPS) is 14.6. The molecule has 2 aromatic heterocycles. The van der Waals surface area contributed by atoms with Crippen LogP contribution in [0.4, 0.5) is 17.1 Å². The predicted molar refractivity (Wildman–Crippen MR) is 114 cm³/mol. The number of hydrogen-bond acceptors (Lipinski definition) is 5. The minimum atomic E-state index is -0.229. The maximum absolute atomic E-state index is 12.2. The van der Waals surface area contributed by atoms with Gasteiger partial charge in [0.05, 0.1) is 24.7 Å². The molecule has 29 heavy (non-hydrogen) atoms. The Bertz CT molecular complexity index is 913. The van der Waals surface area contributed by atoms with Gasteiger partial charge in [-0.05, 0) is 67.3 Å². The second-order valence-electron chi connectivity index (χ2n) is 7.54. The fraction of sp³-hybridized carbons (Fsp3) is 0.304. The van der Waals surface area contributed by atoms with Gasteiger partial charge in [0, 0.05) is 24.5 Å². The van der Waals surface area contributed by atoms with E-state index in [0.717, 1.165) is 30.4 Å². The van der Waals surface area contributed by atoms with E-state index in [4.69, 9.17) is 4.42 Å². The molecule has 6 heteroatoms. The summed E-state index contributed by atoms with van der Waals surface area (Å²) in [5.74, 6) is 1.31. The number of benzene rings is 1. The Hall–Kier alpha value is -3.28. The average Bonchev–Trinajstić information content (AvgIpc) is 3.27. The lowest BCUT2D eigenvalue weighted by Crippen LogP contribution is -2.32. The number of amides is 1. The first kappa shape index (κ1) is 19.1. The van der Waals surface area contributed by atoms with Gasteiger partial charge in [0.25, 0.3) is 5.91 Å². The van der Waals surface area contributed by atoms with Crippen LogP contribution in [-0.4, -0.2) is 24.0 Å². The Morgan fingerprint density at radius 3 is 2.52 bits per heavy atom. The highest BCUT2D eigenvalue weighted by Gasteiger charge is 2.15. The van der Waals surface area contributed by atoms with E-state index in [1.165, 1.54) is 18.5 Å². The molecule has 1 aliphatic heterocycles. The van der Waals surface area contributed by atoms with Crippen LogP contribution in [-0.2, 0) is 6.54 Å². The predicted octanol–water partition coefficient (Wildman–Crippen LogP) is 4.58. The van der Waals surface area contributed by atoms with Gasteiger partial charge in [0.2, 0.25) is 0 Å². The average molecular weight is 390 g/mol. The zero-order valence-electron chi connectivity index (χ0n) is 16.6. The molecule has 0 atom stereocenters. The molecule has 1 fully saturated rings. The number of carbonyl (C=O) groups excluding carboxylic acids is 1. The fourth-order valence-corrected chi connectivity index (χ4v) is 3.46. The number of nitrogens with zero attached hydrogens (tertiary/aromatic N) is 2. The van der Waals surface area contributed by atoms with Crippen LogP contribution in [0.3, 0.4) is 0 Å². The van der Waals surface area contributed by atoms with Crippen molar-refractivity contribution in [2.75, 3.05) is 23.3 Å². The molecule has 3 aromatic rings. The minimum Gasteiger partial charge on any atom is -0.467 e. The van der Waals surface area contributed by atoms with Crippen molar-refractivity contribution in [3.63, 3.8) is 0 Å². The Morgan fingerprint density at radius 2 is 1.86 bits per heavy atom. The van der Waals surface area contributed by atoms with Crippen LogP contribution >= 0.6 is 0 Å². The van der Waals surface area contributed by atoms with E-state index >= 15 is 0 Å². The van der Waals surface area contributed by atoms with Gasteiger partial charge in [-0.15, -0.1) is 0 Å². The van der Waals surface area contributed by atoms with Crippen molar-refractivity contribution in [3.8, 4) is 0 Å². The lowest BCUT2D eigenvalue weighted by Gasteiger charge is -2.32. The van der Waals surface area contributed by atoms with Gasteiger partial charge >= 0.3 is 0 Å². The van der Waals surface area contributed by atoms with Gasteiger partial charge in [-0.2, -0.15) is 0 Å². The van der Waals surface area contributed by atoms with Crippen LogP contribution in [0.2, 0.25) is 0 Å². The van der Waals surface area contributed by atoms with Crippen molar-refractivity contribution in [1.82, 2.24) is 10.3 Å². The van der Waals surface area contributed by atoms with Gasteiger partial charge in [0.1, 0.15) is 11.5 Å². The largest absolute Gasteiger partial charge is 0.467 e. The summed E-state index contributed by atoms with van der Waals surface area (Å²) in [6.45, 7) is 4.92. The molecule has 2 N–H and O–H groups in total. The summed E-state index contributed by atoms with van der Waals surface area (Å²) in [6, 6.07) is 15.6. The van der Waals surface area contributed by atoms with Crippen molar-refractivity contribution in [3.05, 3.63) is 72.4 Å². The van der Waals surface area contributed by atoms with Gasteiger partial charge < -0.3 is 20.0 Å². The minimum absolute atomic E-state index is 0.229. The first-order chi connectivity index (χ1) is 14.2. The number of nitrogens with one attached hydrogen (secondary N) is 2. The third-order valence-electron chi connectivity index (χ3n) is 5.30. The van der Waals surface area contributed by atoms with Gasteiger partial charge in [-0.1, -0.05) is 6.92 Å². The molecule has 0 aliphatic carbocycles. The number of hydrogen-bond donors (Lipinski definition) is 2. The van der Waals surface area contributed by atoms with E-state index in [9.17, 15) is 4.79 Å². The second kappa shape index (κ2) is 8.82. The molecule has 0 radical (unpaired) electrons. The van der Waals surface area contributed by atoms with E-state index < -0.39 is 0 Å². The van der Waals surface area contributed by atoms with E-state index in [2.05, 4.69) is 51.7 Å². The number of carbonyl (C=O) groups is 1. The maximum atomic E-state index is 12.2. The first-order valence-corrected chi connectivity index (χ1v) is 10.1. The SMILES string of the molecule is CC1CCN(c2ccc(Nc3ccc(C(=O)NCc4ccco4)nc3)cc2)CC1. The highest BCUT2D eigenvalue weighted by molar-refractivity contribution is 5.92. The second-order valence-corrected chi connectivity index (χ2v) is 7.54. The molecule has 1 saturated heterocycles. The summed E-state index contributed by atoms with van der Waals surface area (Å²) in [7, 11) is 0. The Kier molecular flexibility index (Phi) is 5.79. The van der Waals surface area contributed by atoms with Crippen LogP contribution in [0.15, 0.2) is 65.4 Å². The standard InChI is InChI=1S/C23H26N4O2/c1-17-10-12-27(13-11-17)20-7-4-18(5-8-20)26-19-6-9-22(24-15-19)23(28)25-16-21-3-2-14-29-21/h2-9,14-15,17,26H,10-13,16H2,1H3,(H,25,28). The number of aromatic nitrogens is 1. The quantitative estimate of drug-likeness (QED) is 0.644. The third-order valence-corrected chi connectivity index (χ3v) is 5.30. The molecular weight excluding hydrogens is 364 g/mol. The first-order valence-electron chi connectivity index (χ1n) is 10.1. The van der Waals surface area contributed by atoms with E-state index in [1.54, 1.807) is 24.6 Å². The van der Waals surface area contributed by atoms with Crippen LogP contribution in [0.25, 0.3) is 0 Å². The highest BCUT2D eigenvalue weighted by atomic mass is 16.3. The summed E-state index contributed by atoms with van der Waals surface area (Å²) in [5, 5.41) is 6.12. The zero-order valence-corrected chi connectivity index (χ0v) is 16.6. The van der Waals surface area contributed by atoms with Crippen molar-refractivity contribution in [2.45, 2.75) is 26.3 Å². The number of pyridine rings is 1. The van der Waals surface area contributed by atoms with E-state index in [1.807, 2.05) is 12.1 Å². The molecule has 1 amide bonds. The molecular formula is C23H26N4O2. The Balaban J connectivity index is 1.32. The molecule has 1 aliphatic rings. The summed E-state index contributed by atoms with van der Waals surface area (Å²) in [4.78, 5) is 18.9. The molecule has 0 spiro atoms. The third kappa shape index (κ3) is 4.96. The van der Waals surface area contributed by atoms with Crippen molar-refractivity contribution < 1.29 is 9.21 Å². The highest BCUT2D eigenvalue weighted by Crippen LogP contribution is 2.25. The van der Waals surface area contributed by atoms with Gasteiger partial charge in [-0.3, -0.25) is 4.79 Å². The summed E-state index contributed by atoms with van der Waals surface area (Å²) in [6.07, 6.45) is 5.77. The molecule has 0 unspecified atom stereocenters. The summed E-state index contributed by atoms with van der Waals surface area (Å²) >= 11 is 0. The van der Waals surface area contributed by atoms with Crippen LogP contribution in [0.5, 0.6) is 0 Å². The van der Waals surface area contributed by atoms with E-state index in [-0.39, 0.29) is 5.91 Å². The Labute approximate surface area is 170 Å². The molecule has 150 valence electrons. The maximum Gasteiger partial charge on any atom is 0.270 e. The fourth-order valence-electron chi connectivity index (χ4n) is 3.46. The van der Waals surface area contributed by atoms with Gasteiger partial charge in [-0.25, -0.2) is 4.98 Å². The molecule has 0 saturated carbocycles. The van der Waals surface area contributed by atoms with Crippen molar-refractivity contribution in [1.29, 1.82) is 0 Å². The monoisotopic (exact) mass is 390 g/mol. The molecule has 3 heterocycles. The molecule has 0 bridgehead atoms. The van der Waals surface area contributed by atoms with E-state index in [0.29, 0.717) is 18.0 Å². The zero-order chi connectivity index (χ0) is 20.1. The summed E-state index contributed by atoms with van der Waals surface area (Å²) < 4.78 is 5.21. The molecule has 6 nitrogen and oxygen atoms in total. The van der Waals surface area contributed by atoms with Crippen LogP contribution in [0.1, 0.15) is 36.0 Å². The topological polar surface area (TPSA) is 70.4 Å². The van der Waals surface area contributed by atoms with Gasteiger partial charge in [0.15, 0.2) is 0 Å². The van der Waals surface area contributed by atoms with Crippen molar-refractivity contribution >= 4 is 23.0 Å². The summed E-state index contributed by atoms with van der Waals surface area (Å²) in [5.41, 5.74) is 3.48. The Morgan fingerprint density at radius 1 is 1.10 bits per heavy atom. The number of rotatable bonds is 6. The smallest absolute Gasteiger partial charge is 0.270 e. The molecule has 4 rings (SSSR count). The van der Waals surface area contributed by atoms with Crippen LogP contribution < -0.4 is 15.5 Å². The lowest BCUT2D eigenvalue weighted by molar-refractivity contribution is 0.0943. The lowest BCUT2D eigenvalue weighted by atomic mass is 9.99. The van der Waals surface area contributed by atoms with Crippen LogP contribution in [0, 0.1) is 5.92 Å². The number of anilines is 3. The number of furan rings is 1.